The quantitative estimate of drug-likeness (QED) is 0.511. The van der Waals surface area contributed by atoms with E-state index in [2.05, 4.69) is 41.7 Å². The Morgan fingerprint density at radius 2 is 1.57 bits per heavy atom. The summed E-state index contributed by atoms with van der Waals surface area (Å²) in [7, 11) is 0. The van der Waals surface area contributed by atoms with E-state index in [1.54, 1.807) is 0 Å². The smallest absolute Gasteiger partial charge is 0.227 e. The van der Waals surface area contributed by atoms with E-state index < -0.39 is 0 Å². The number of nitrogens with zero attached hydrogens (tertiary/aromatic N) is 2. The van der Waals surface area contributed by atoms with Crippen LogP contribution >= 0.6 is 0 Å². The predicted molar refractivity (Wildman–Crippen MR) is 114 cm³/mol. The van der Waals surface area contributed by atoms with E-state index in [1.165, 1.54) is 11.1 Å². The van der Waals surface area contributed by atoms with Crippen molar-refractivity contribution in [1.29, 1.82) is 0 Å². The van der Waals surface area contributed by atoms with Crippen LogP contribution in [-0.4, -0.2) is 15.3 Å². The summed E-state index contributed by atoms with van der Waals surface area (Å²) in [5.41, 5.74) is 6.85. The van der Waals surface area contributed by atoms with E-state index in [4.69, 9.17) is 4.98 Å². The normalized spacial score (nSPS) is 11.1. The molecule has 4 nitrogen and oxygen atoms in total. The second-order valence-corrected chi connectivity index (χ2v) is 7.38. The third-order valence-electron chi connectivity index (χ3n) is 4.76. The lowest BCUT2D eigenvalue weighted by Gasteiger charge is -2.09. The summed E-state index contributed by atoms with van der Waals surface area (Å²) in [6.45, 7) is 5.78. The number of aryl methyl sites for hydroxylation is 1. The highest BCUT2D eigenvalue weighted by atomic mass is 16.1. The van der Waals surface area contributed by atoms with Gasteiger partial charge in [0.25, 0.3) is 0 Å². The number of carbonyl (C=O) groups excluding carboxylic acids is 1. The molecule has 0 aliphatic heterocycles. The molecule has 0 fully saturated rings. The van der Waals surface area contributed by atoms with Crippen molar-refractivity contribution in [1.82, 2.24) is 9.38 Å². The first-order valence-corrected chi connectivity index (χ1v) is 9.47. The molecule has 0 atom stereocenters. The molecule has 0 saturated heterocycles. The van der Waals surface area contributed by atoms with E-state index in [0.29, 0.717) is 0 Å². The van der Waals surface area contributed by atoms with Crippen LogP contribution < -0.4 is 5.32 Å². The van der Waals surface area contributed by atoms with Gasteiger partial charge in [0, 0.05) is 23.9 Å². The number of nitrogens with one attached hydrogen (secondary N) is 1. The highest BCUT2D eigenvalue weighted by Crippen LogP contribution is 2.27. The zero-order chi connectivity index (χ0) is 19.7. The molecule has 2 aromatic heterocycles. The molecule has 1 N–H and O–H groups in total. The maximum atomic E-state index is 12.2. The molecule has 0 bridgehead atoms. The molecule has 2 heterocycles. The average molecular weight is 369 g/mol. The fraction of sp³-hybridized carbons (Fsp3) is 0.167. The van der Waals surface area contributed by atoms with Crippen LogP contribution in [0, 0.1) is 12.8 Å². The Bertz CT molecular complexity index is 1130. The Morgan fingerprint density at radius 1 is 0.929 bits per heavy atom. The molecule has 0 radical (unpaired) electrons. The summed E-state index contributed by atoms with van der Waals surface area (Å²) in [5, 5.41) is 3.00. The van der Waals surface area contributed by atoms with E-state index in [9.17, 15) is 4.79 Å². The Morgan fingerprint density at radius 3 is 2.25 bits per heavy atom. The second-order valence-electron chi connectivity index (χ2n) is 7.38. The minimum atomic E-state index is -0.0828. The summed E-state index contributed by atoms with van der Waals surface area (Å²) < 4.78 is 1.98. The van der Waals surface area contributed by atoms with Crippen molar-refractivity contribution < 1.29 is 4.79 Å². The van der Waals surface area contributed by atoms with Crippen molar-refractivity contribution in [3.05, 3.63) is 78.6 Å². The topological polar surface area (TPSA) is 46.4 Å². The van der Waals surface area contributed by atoms with Crippen LogP contribution in [0.25, 0.3) is 28.0 Å². The molecule has 0 aliphatic carbocycles. The molecule has 140 valence electrons. The lowest BCUT2D eigenvalue weighted by atomic mass is 10.0. The van der Waals surface area contributed by atoms with Crippen LogP contribution in [0.1, 0.15) is 19.4 Å². The van der Waals surface area contributed by atoms with Gasteiger partial charge in [-0.3, -0.25) is 4.79 Å². The summed E-state index contributed by atoms with van der Waals surface area (Å²) in [6.07, 6.45) is 4.03. The number of hydrogen-bond acceptors (Lipinski definition) is 2. The molecule has 0 aliphatic rings. The van der Waals surface area contributed by atoms with E-state index in [1.807, 2.05) is 61.8 Å². The zero-order valence-electron chi connectivity index (χ0n) is 16.3. The summed E-state index contributed by atoms with van der Waals surface area (Å²) in [6, 6.07) is 20.7. The number of hydrogen-bond donors (Lipinski definition) is 1. The number of rotatable bonds is 4. The molecule has 4 aromatic rings. The molecule has 1 amide bonds. The van der Waals surface area contributed by atoms with Gasteiger partial charge in [-0.05, 0) is 29.7 Å². The molecule has 2 aromatic carbocycles. The van der Waals surface area contributed by atoms with E-state index in [0.717, 1.165) is 28.2 Å². The van der Waals surface area contributed by atoms with Crippen molar-refractivity contribution in [3.63, 3.8) is 0 Å². The lowest BCUT2D eigenvalue weighted by molar-refractivity contribution is -0.118. The average Bonchev–Trinajstić information content (AvgIpc) is 3.13. The molecule has 4 heteroatoms. The molecule has 0 unspecified atom stereocenters. The number of amides is 1. The highest BCUT2D eigenvalue weighted by Gasteiger charge is 2.13. The minimum absolute atomic E-state index is 0.00994. The van der Waals surface area contributed by atoms with Gasteiger partial charge in [0.15, 0.2) is 5.65 Å². The number of benzene rings is 2. The Balaban J connectivity index is 1.71. The maximum absolute atomic E-state index is 12.2. The number of aromatic nitrogens is 2. The van der Waals surface area contributed by atoms with Gasteiger partial charge in [0.2, 0.25) is 5.91 Å². The zero-order valence-corrected chi connectivity index (χ0v) is 16.3. The summed E-state index contributed by atoms with van der Waals surface area (Å²) in [5.74, 6) is -0.0928. The third kappa shape index (κ3) is 3.54. The monoisotopic (exact) mass is 369 g/mol. The first kappa shape index (κ1) is 18.0. The number of imidazole rings is 1. The van der Waals surface area contributed by atoms with Gasteiger partial charge in [-0.25, -0.2) is 4.98 Å². The summed E-state index contributed by atoms with van der Waals surface area (Å²) >= 11 is 0. The van der Waals surface area contributed by atoms with Crippen molar-refractivity contribution in [2.45, 2.75) is 20.8 Å². The first-order valence-electron chi connectivity index (χ1n) is 9.47. The van der Waals surface area contributed by atoms with E-state index in [-0.39, 0.29) is 11.8 Å². The standard InChI is InChI=1S/C24H23N3O/c1-16(2)24(28)26-21-13-17(3)14-27-15-22(25-23(21)27)20-11-9-19(10-12-20)18-7-5-4-6-8-18/h4-16H,1-3H3,(H,26,28). The van der Waals surface area contributed by atoms with Crippen molar-refractivity contribution in [2.75, 3.05) is 5.32 Å². The van der Waals surface area contributed by atoms with Gasteiger partial charge in [0.1, 0.15) is 0 Å². The second kappa shape index (κ2) is 7.31. The van der Waals surface area contributed by atoms with Crippen LogP contribution in [0.4, 0.5) is 5.69 Å². The van der Waals surface area contributed by atoms with Crippen LogP contribution in [0.2, 0.25) is 0 Å². The van der Waals surface area contributed by atoms with Gasteiger partial charge in [0.05, 0.1) is 11.4 Å². The fourth-order valence-electron chi connectivity index (χ4n) is 3.21. The van der Waals surface area contributed by atoms with Crippen molar-refractivity contribution in [3.8, 4) is 22.4 Å². The predicted octanol–water partition coefficient (Wildman–Crippen LogP) is 5.57. The number of fused-ring (bicyclic) bond motifs is 1. The van der Waals surface area contributed by atoms with Crippen LogP contribution in [0.3, 0.4) is 0 Å². The molecular formula is C24H23N3O. The highest BCUT2D eigenvalue weighted by molar-refractivity contribution is 5.95. The van der Waals surface area contributed by atoms with Crippen LogP contribution in [0.5, 0.6) is 0 Å². The van der Waals surface area contributed by atoms with Gasteiger partial charge in [-0.15, -0.1) is 0 Å². The van der Waals surface area contributed by atoms with Crippen molar-refractivity contribution >= 4 is 17.2 Å². The lowest BCUT2D eigenvalue weighted by Crippen LogP contribution is -2.18. The largest absolute Gasteiger partial charge is 0.323 e. The molecule has 4 rings (SSSR count). The maximum Gasteiger partial charge on any atom is 0.227 e. The summed E-state index contributed by atoms with van der Waals surface area (Å²) in [4.78, 5) is 17.0. The Kier molecular flexibility index (Phi) is 4.70. The van der Waals surface area contributed by atoms with Gasteiger partial charge in [-0.1, -0.05) is 68.4 Å². The first-order chi connectivity index (χ1) is 13.5. The number of pyridine rings is 1. The Hall–Kier alpha value is -3.40. The molecule has 28 heavy (non-hydrogen) atoms. The van der Waals surface area contributed by atoms with Gasteiger partial charge >= 0.3 is 0 Å². The van der Waals surface area contributed by atoms with Crippen LogP contribution in [0.15, 0.2) is 73.1 Å². The van der Waals surface area contributed by atoms with Crippen LogP contribution in [-0.2, 0) is 4.79 Å². The third-order valence-corrected chi connectivity index (χ3v) is 4.76. The fourth-order valence-corrected chi connectivity index (χ4v) is 3.21. The van der Waals surface area contributed by atoms with E-state index >= 15 is 0 Å². The molecule has 0 saturated carbocycles. The SMILES string of the molecule is Cc1cc(NC(=O)C(C)C)c2nc(-c3ccc(-c4ccccc4)cc3)cn2c1. The molecular weight excluding hydrogens is 346 g/mol. The molecule has 0 spiro atoms. The Labute approximate surface area is 164 Å². The van der Waals surface area contributed by atoms with Crippen molar-refractivity contribution in [2.24, 2.45) is 5.92 Å². The van der Waals surface area contributed by atoms with Gasteiger partial charge in [-0.2, -0.15) is 0 Å². The van der Waals surface area contributed by atoms with Gasteiger partial charge < -0.3 is 9.72 Å². The minimum Gasteiger partial charge on any atom is -0.323 e. The number of anilines is 1. The number of carbonyl (C=O) groups is 1.